The maximum absolute atomic E-state index is 12.0. The van der Waals surface area contributed by atoms with E-state index in [-0.39, 0.29) is 23.2 Å². The molecule has 0 saturated carbocycles. The molecule has 0 aliphatic heterocycles. The first-order valence-corrected chi connectivity index (χ1v) is 8.88. The summed E-state index contributed by atoms with van der Waals surface area (Å²) in [5.41, 5.74) is 0.471. The minimum atomic E-state index is -1.03. The topological polar surface area (TPSA) is 66.4 Å². The predicted octanol–water partition coefficient (Wildman–Crippen LogP) is 2.73. The number of benzene rings is 1. The van der Waals surface area contributed by atoms with Crippen molar-refractivity contribution in [2.75, 3.05) is 13.2 Å². The van der Waals surface area contributed by atoms with Crippen LogP contribution in [0.4, 0.5) is 0 Å². The molecule has 124 valence electrons. The number of amides is 1. The Labute approximate surface area is 135 Å². The van der Waals surface area contributed by atoms with Crippen molar-refractivity contribution in [2.24, 2.45) is 5.41 Å². The second-order valence-electron chi connectivity index (χ2n) is 6.55. The summed E-state index contributed by atoms with van der Waals surface area (Å²) in [5, 5.41) is 12.1. The van der Waals surface area contributed by atoms with Crippen molar-refractivity contribution < 1.29 is 14.1 Å². The second-order valence-corrected chi connectivity index (χ2v) is 8.56. The van der Waals surface area contributed by atoms with E-state index in [2.05, 4.69) is 5.32 Å². The van der Waals surface area contributed by atoms with Crippen LogP contribution in [0, 0.1) is 5.41 Å². The van der Waals surface area contributed by atoms with E-state index in [1.807, 2.05) is 27.7 Å². The van der Waals surface area contributed by atoms with Crippen LogP contribution in [0.25, 0.3) is 0 Å². The summed E-state index contributed by atoms with van der Waals surface area (Å²) >= 11 is 0. The Kier molecular flexibility index (Phi) is 7.23. The lowest BCUT2D eigenvalue weighted by Gasteiger charge is -2.21. The van der Waals surface area contributed by atoms with Gasteiger partial charge in [0.25, 0.3) is 5.91 Å². The average Bonchev–Trinajstić information content (AvgIpc) is 2.50. The normalized spacial score (nSPS) is 13.2. The highest BCUT2D eigenvalue weighted by Crippen LogP contribution is 2.20. The summed E-state index contributed by atoms with van der Waals surface area (Å²) < 4.78 is 11.9. The molecule has 0 bridgehead atoms. The van der Waals surface area contributed by atoms with Gasteiger partial charge in [-0.3, -0.25) is 9.00 Å². The molecule has 2 N–H and O–H groups in total. The monoisotopic (exact) mass is 325 g/mol. The summed E-state index contributed by atoms with van der Waals surface area (Å²) in [5.74, 6) is -0.122. The van der Waals surface area contributed by atoms with Crippen LogP contribution in [0.5, 0.6) is 0 Å². The molecule has 1 rings (SSSR count). The first kappa shape index (κ1) is 18.8. The first-order chi connectivity index (χ1) is 10.3. The van der Waals surface area contributed by atoms with Crippen LogP contribution in [0.15, 0.2) is 29.2 Å². The van der Waals surface area contributed by atoms with Gasteiger partial charge in [-0.1, -0.05) is 27.7 Å². The van der Waals surface area contributed by atoms with Crippen molar-refractivity contribution in [3.63, 3.8) is 0 Å². The highest BCUT2D eigenvalue weighted by Gasteiger charge is 2.16. The van der Waals surface area contributed by atoms with Crippen LogP contribution in [0.2, 0.25) is 0 Å². The second kappa shape index (κ2) is 8.44. The lowest BCUT2D eigenvalue weighted by Crippen LogP contribution is -2.26. The van der Waals surface area contributed by atoms with Gasteiger partial charge in [0.05, 0.1) is 10.8 Å². The van der Waals surface area contributed by atoms with Crippen molar-refractivity contribution in [2.45, 2.75) is 50.7 Å². The van der Waals surface area contributed by atoms with Crippen molar-refractivity contribution in [1.29, 1.82) is 0 Å². The van der Waals surface area contributed by atoms with Crippen LogP contribution in [-0.2, 0) is 10.8 Å². The van der Waals surface area contributed by atoms with E-state index in [1.54, 1.807) is 24.3 Å². The number of nitrogens with one attached hydrogen (secondary N) is 1. The smallest absolute Gasteiger partial charge is 0.251 e. The Bertz CT molecular complexity index is 509. The average molecular weight is 325 g/mol. The number of aliphatic hydroxyl groups excluding tert-OH is 1. The maximum atomic E-state index is 12.0. The van der Waals surface area contributed by atoms with E-state index in [1.165, 1.54) is 0 Å². The lowest BCUT2D eigenvalue weighted by atomic mass is 9.89. The zero-order valence-corrected chi connectivity index (χ0v) is 14.7. The molecular formula is C17H27NO3S. The Hall–Kier alpha value is -1.20. The van der Waals surface area contributed by atoms with E-state index in [0.717, 1.165) is 17.7 Å². The van der Waals surface area contributed by atoms with Crippen LogP contribution in [0.1, 0.15) is 50.9 Å². The van der Waals surface area contributed by atoms with E-state index >= 15 is 0 Å². The van der Waals surface area contributed by atoms with Gasteiger partial charge in [0.15, 0.2) is 0 Å². The number of hydrogen-bond donors (Lipinski definition) is 2. The highest BCUT2D eigenvalue weighted by molar-refractivity contribution is 7.85. The maximum Gasteiger partial charge on any atom is 0.251 e. The molecular weight excluding hydrogens is 298 g/mol. The van der Waals surface area contributed by atoms with Gasteiger partial charge >= 0.3 is 0 Å². The van der Waals surface area contributed by atoms with Gasteiger partial charge < -0.3 is 10.4 Å². The number of rotatable bonds is 8. The van der Waals surface area contributed by atoms with Gasteiger partial charge in [0.2, 0.25) is 0 Å². The first-order valence-electron chi connectivity index (χ1n) is 7.66. The largest absolute Gasteiger partial charge is 0.396 e. The molecule has 5 heteroatoms. The van der Waals surface area contributed by atoms with Crippen LogP contribution in [0.3, 0.4) is 0 Å². The molecule has 1 aromatic carbocycles. The summed E-state index contributed by atoms with van der Waals surface area (Å²) in [7, 11) is -1.03. The standard InChI is InChI=1S/C17H27NO3S/c1-13(2)22(21)15-8-6-14(7-9-15)16(20)18-11-5-10-17(3,4)12-19/h6-9,13,19H,5,10-12H2,1-4H3,(H,18,20). The number of aliphatic hydroxyl groups is 1. The minimum absolute atomic E-state index is 0.0644. The summed E-state index contributed by atoms with van der Waals surface area (Å²) in [4.78, 5) is 12.8. The van der Waals surface area contributed by atoms with E-state index < -0.39 is 10.8 Å². The third kappa shape index (κ3) is 5.89. The molecule has 0 heterocycles. The van der Waals surface area contributed by atoms with Gasteiger partial charge in [0.1, 0.15) is 0 Å². The van der Waals surface area contributed by atoms with Crippen molar-refractivity contribution in [3.05, 3.63) is 29.8 Å². The molecule has 1 amide bonds. The molecule has 4 nitrogen and oxygen atoms in total. The molecule has 0 aliphatic rings. The van der Waals surface area contributed by atoms with Crippen LogP contribution < -0.4 is 5.32 Å². The van der Waals surface area contributed by atoms with Gasteiger partial charge in [-0.05, 0) is 42.5 Å². The molecule has 1 aromatic rings. The fourth-order valence-electron chi connectivity index (χ4n) is 1.96. The van der Waals surface area contributed by atoms with E-state index in [9.17, 15) is 14.1 Å². The van der Waals surface area contributed by atoms with Crippen molar-refractivity contribution in [3.8, 4) is 0 Å². The summed E-state index contributed by atoms with van der Waals surface area (Å²) in [6.45, 7) is 8.55. The molecule has 0 aromatic heterocycles. The fraction of sp³-hybridized carbons (Fsp3) is 0.588. The van der Waals surface area contributed by atoms with Gasteiger partial charge in [-0.2, -0.15) is 0 Å². The van der Waals surface area contributed by atoms with Crippen molar-refractivity contribution in [1.82, 2.24) is 5.32 Å². The van der Waals surface area contributed by atoms with Crippen LogP contribution >= 0.6 is 0 Å². The Morgan fingerprint density at radius 2 is 1.86 bits per heavy atom. The molecule has 0 saturated heterocycles. The molecule has 0 spiro atoms. The van der Waals surface area contributed by atoms with Crippen molar-refractivity contribution >= 4 is 16.7 Å². The Morgan fingerprint density at radius 1 is 1.27 bits per heavy atom. The lowest BCUT2D eigenvalue weighted by molar-refractivity contribution is 0.0948. The summed E-state index contributed by atoms with van der Waals surface area (Å²) in [6, 6.07) is 6.92. The van der Waals surface area contributed by atoms with E-state index in [4.69, 9.17) is 0 Å². The quantitative estimate of drug-likeness (QED) is 0.722. The zero-order valence-electron chi connectivity index (χ0n) is 13.9. The Balaban J connectivity index is 2.48. The summed E-state index contributed by atoms with van der Waals surface area (Å²) in [6.07, 6.45) is 1.69. The molecule has 22 heavy (non-hydrogen) atoms. The van der Waals surface area contributed by atoms with E-state index in [0.29, 0.717) is 12.1 Å². The zero-order chi connectivity index (χ0) is 16.8. The highest BCUT2D eigenvalue weighted by atomic mass is 32.2. The fourth-order valence-corrected chi connectivity index (χ4v) is 2.91. The molecule has 0 radical (unpaired) electrons. The third-order valence-corrected chi connectivity index (χ3v) is 5.11. The number of carbonyl (C=O) groups is 1. The number of hydrogen-bond acceptors (Lipinski definition) is 3. The molecule has 1 atom stereocenters. The third-order valence-electron chi connectivity index (χ3n) is 3.52. The Morgan fingerprint density at radius 3 is 2.36 bits per heavy atom. The molecule has 0 fully saturated rings. The van der Waals surface area contributed by atoms with Gasteiger partial charge in [-0.25, -0.2) is 0 Å². The van der Waals surface area contributed by atoms with Crippen LogP contribution in [-0.4, -0.2) is 33.6 Å². The molecule has 0 aliphatic carbocycles. The number of carbonyl (C=O) groups excluding carboxylic acids is 1. The molecule has 1 unspecified atom stereocenters. The van der Waals surface area contributed by atoms with Gasteiger partial charge in [-0.15, -0.1) is 0 Å². The van der Waals surface area contributed by atoms with Gasteiger partial charge in [0, 0.05) is 28.9 Å². The minimum Gasteiger partial charge on any atom is -0.396 e. The SMILES string of the molecule is CC(C)S(=O)c1ccc(C(=O)NCCCC(C)(C)CO)cc1. The predicted molar refractivity (Wildman–Crippen MR) is 90.4 cm³/mol.